The molecule has 0 heterocycles. The first kappa shape index (κ1) is 27.8. The molecule has 0 aromatic rings. The standard InChI is InChI=1S/C25H46N2O2/c28-24-26-22-20-18-16-14-12-10-8-6-4-2-1-3-5-7-9-11-13-15-17-19-21-23-27-25-29/h1-23H2. The highest BCUT2D eigenvalue weighted by molar-refractivity contribution is 5.32. The molecule has 0 rings (SSSR count). The van der Waals surface area contributed by atoms with E-state index in [1.165, 1.54) is 122 Å². The molecule has 0 aromatic carbocycles. The van der Waals surface area contributed by atoms with Crippen molar-refractivity contribution < 1.29 is 9.59 Å². The van der Waals surface area contributed by atoms with E-state index in [1.54, 1.807) is 12.2 Å². The fraction of sp³-hybridized carbons (Fsp3) is 0.920. The minimum Gasteiger partial charge on any atom is -0.211 e. The highest BCUT2D eigenvalue weighted by atomic mass is 16.1. The summed E-state index contributed by atoms with van der Waals surface area (Å²) in [7, 11) is 0. The van der Waals surface area contributed by atoms with E-state index in [-0.39, 0.29) is 0 Å². The second-order valence-corrected chi connectivity index (χ2v) is 8.37. The van der Waals surface area contributed by atoms with Crippen molar-refractivity contribution in [1.29, 1.82) is 0 Å². The van der Waals surface area contributed by atoms with Crippen molar-refractivity contribution in [2.45, 2.75) is 135 Å². The first-order valence-corrected chi connectivity index (χ1v) is 12.5. The van der Waals surface area contributed by atoms with Crippen molar-refractivity contribution in [3.05, 3.63) is 0 Å². The second-order valence-electron chi connectivity index (χ2n) is 8.37. The molecule has 0 aliphatic rings. The van der Waals surface area contributed by atoms with Crippen LogP contribution in [0.2, 0.25) is 0 Å². The summed E-state index contributed by atoms with van der Waals surface area (Å²) in [6.45, 7) is 1.32. The number of hydrogen-bond donors (Lipinski definition) is 0. The molecule has 0 aromatic heterocycles. The Morgan fingerprint density at radius 1 is 0.310 bits per heavy atom. The number of isocyanates is 2. The lowest BCUT2D eigenvalue weighted by Crippen LogP contribution is -1.85. The zero-order chi connectivity index (χ0) is 21.1. The average Bonchev–Trinajstić information content (AvgIpc) is 2.74. The third kappa shape index (κ3) is 26.8. The van der Waals surface area contributed by atoms with Gasteiger partial charge in [0.15, 0.2) is 0 Å². The Hall–Kier alpha value is -1.24. The van der Waals surface area contributed by atoms with Gasteiger partial charge in [-0.2, -0.15) is 0 Å². The van der Waals surface area contributed by atoms with Crippen molar-refractivity contribution in [2.24, 2.45) is 9.98 Å². The summed E-state index contributed by atoms with van der Waals surface area (Å²) in [5, 5.41) is 0. The molecule has 4 nitrogen and oxygen atoms in total. The van der Waals surface area contributed by atoms with E-state index in [1.807, 2.05) is 0 Å². The maximum Gasteiger partial charge on any atom is 0.234 e. The fourth-order valence-corrected chi connectivity index (χ4v) is 3.83. The summed E-state index contributed by atoms with van der Waals surface area (Å²) in [6, 6.07) is 0. The largest absolute Gasteiger partial charge is 0.234 e. The highest BCUT2D eigenvalue weighted by Gasteiger charge is 1.95. The summed E-state index contributed by atoms with van der Waals surface area (Å²) < 4.78 is 0. The molecule has 0 aliphatic heterocycles. The number of nitrogens with zero attached hydrogens (tertiary/aromatic N) is 2. The number of hydrogen-bond acceptors (Lipinski definition) is 4. The van der Waals surface area contributed by atoms with Gasteiger partial charge < -0.3 is 0 Å². The Bertz CT molecular complexity index is 375. The number of unbranched alkanes of at least 4 members (excludes halogenated alkanes) is 20. The summed E-state index contributed by atoms with van der Waals surface area (Å²) >= 11 is 0. The van der Waals surface area contributed by atoms with Gasteiger partial charge in [0, 0.05) is 0 Å². The van der Waals surface area contributed by atoms with Crippen LogP contribution >= 0.6 is 0 Å². The molecule has 0 amide bonds. The van der Waals surface area contributed by atoms with Gasteiger partial charge in [-0.1, -0.05) is 122 Å². The van der Waals surface area contributed by atoms with E-state index in [0.717, 1.165) is 12.8 Å². The van der Waals surface area contributed by atoms with Crippen LogP contribution in [-0.2, 0) is 9.59 Å². The molecule has 29 heavy (non-hydrogen) atoms. The summed E-state index contributed by atoms with van der Waals surface area (Å²) in [6.07, 6.45) is 31.2. The van der Waals surface area contributed by atoms with Gasteiger partial charge in [-0.15, -0.1) is 0 Å². The maximum atomic E-state index is 9.93. The molecular formula is C25H46N2O2. The molecule has 168 valence electrons. The van der Waals surface area contributed by atoms with E-state index in [2.05, 4.69) is 9.98 Å². The van der Waals surface area contributed by atoms with Gasteiger partial charge in [-0.25, -0.2) is 19.6 Å². The lowest BCUT2D eigenvalue weighted by atomic mass is 10.0. The Kier molecular flexibility index (Phi) is 25.6. The van der Waals surface area contributed by atoms with Gasteiger partial charge in [0.1, 0.15) is 0 Å². The lowest BCUT2D eigenvalue weighted by molar-refractivity contribution is 0.519. The van der Waals surface area contributed by atoms with Crippen LogP contribution in [0.25, 0.3) is 0 Å². The van der Waals surface area contributed by atoms with Crippen molar-refractivity contribution in [1.82, 2.24) is 0 Å². The van der Waals surface area contributed by atoms with Crippen LogP contribution in [0.5, 0.6) is 0 Å². The number of rotatable bonds is 24. The number of carbonyl (C=O) groups excluding carboxylic acids is 2. The van der Waals surface area contributed by atoms with Gasteiger partial charge in [0.2, 0.25) is 12.2 Å². The minimum atomic E-state index is 0.658. The van der Waals surface area contributed by atoms with Crippen LogP contribution in [0, 0.1) is 0 Å². The smallest absolute Gasteiger partial charge is 0.211 e. The van der Waals surface area contributed by atoms with Gasteiger partial charge in [-0.05, 0) is 12.8 Å². The topological polar surface area (TPSA) is 58.9 Å². The molecule has 0 bridgehead atoms. The van der Waals surface area contributed by atoms with Crippen LogP contribution in [0.3, 0.4) is 0 Å². The average molecular weight is 407 g/mol. The van der Waals surface area contributed by atoms with Crippen LogP contribution in [-0.4, -0.2) is 25.2 Å². The van der Waals surface area contributed by atoms with Crippen molar-refractivity contribution >= 4 is 12.2 Å². The number of aliphatic imine (C=N–C) groups is 2. The van der Waals surface area contributed by atoms with Gasteiger partial charge >= 0.3 is 0 Å². The van der Waals surface area contributed by atoms with E-state index in [0.29, 0.717) is 13.1 Å². The van der Waals surface area contributed by atoms with E-state index < -0.39 is 0 Å². The SMILES string of the molecule is O=C=NCCCCCCCCCCCCCCCCCCCCCCCN=C=O. The summed E-state index contributed by atoms with van der Waals surface area (Å²) in [5.74, 6) is 0. The Morgan fingerprint density at radius 2 is 0.483 bits per heavy atom. The molecule has 0 spiro atoms. The lowest BCUT2D eigenvalue weighted by Gasteiger charge is -2.04. The minimum absolute atomic E-state index is 0.658. The Balaban J connectivity index is 3.01. The zero-order valence-corrected chi connectivity index (χ0v) is 19.0. The fourth-order valence-electron chi connectivity index (χ4n) is 3.83. The highest BCUT2D eigenvalue weighted by Crippen LogP contribution is 2.15. The van der Waals surface area contributed by atoms with Gasteiger partial charge in [-0.3, -0.25) is 0 Å². The van der Waals surface area contributed by atoms with E-state index in [4.69, 9.17) is 0 Å². The summed E-state index contributed by atoms with van der Waals surface area (Å²) in [4.78, 5) is 27.0. The quantitative estimate of drug-likeness (QED) is 0.0930. The Morgan fingerprint density at radius 3 is 0.655 bits per heavy atom. The molecule has 4 heteroatoms. The molecule has 0 saturated heterocycles. The van der Waals surface area contributed by atoms with Crippen LogP contribution in [0.15, 0.2) is 9.98 Å². The van der Waals surface area contributed by atoms with Crippen LogP contribution < -0.4 is 0 Å². The van der Waals surface area contributed by atoms with Crippen molar-refractivity contribution in [2.75, 3.05) is 13.1 Å². The molecule has 0 unspecified atom stereocenters. The van der Waals surface area contributed by atoms with Gasteiger partial charge in [0.25, 0.3) is 0 Å². The molecule has 0 radical (unpaired) electrons. The zero-order valence-electron chi connectivity index (χ0n) is 19.0. The van der Waals surface area contributed by atoms with E-state index >= 15 is 0 Å². The van der Waals surface area contributed by atoms with Crippen LogP contribution in [0.1, 0.15) is 135 Å². The molecule has 0 saturated carbocycles. The molecule has 0 atom stereocenters. The van der Waals surface area contributed by atoms with Crippen molar-refractivity contribution in [3.63, 3.8) is 0 Å². The van der Waals surface area contributed by atoms with E-state index in [9.17, 15) is 9.59 Å². The molecule has 0 fully saturated rings. The second kappa shape index (κ2) is 26.8. The molecule has 0 aliphatic carbocycles. The predicted molar refractivity (Wildman–Crippen MR) is 123 cm³/mol. The third-order valence-corrected chi connectivity index (χ3v) is 5.67. The van der Waals surface area contributed by atoms with Crippen molar-refractivity contribution in [3.8, 4) is 0 Å². The summed E-state index contributed by atoms with van der Waals surface area (Å²) in [5.41, 5.74) is 0. The van der Waals surface area contributed by atoms with Crippen LogP contribution in [0.4, 0.5) is 0 Å². The molecule has 0 N–H and O–H groups in total. The Labute approximate surface area is 180 Å². The predicted octanol–water partition coefficient (Wildman–Crippen LogP) is 7.85. The first-order valence-electron chi connectivity index (χ1n) is 12.5. The third-order valence-electron chi connectivity index (χ3n) is 5.67. The van der Waals surface area contributed by atoms with Gasteiger partial charge in [0.05, 0.1) is 13.1 Å². The normalized spacial score (nSPS) is 10.5. The molecular weight excluding hydrogens is 360 g/mol. The first-order chi connectivity index (χ1) is 14.4. The maximum absolute atomic E-state index is 9.93. The monoisotopic (exact) mass is 406 g/mol.